The zero-order chi connectivity index (χ0) is 27.2. The zero-order valence-corrected chi connectivity index (χ0v) is 21.5. The molecule has 2 aromatic carbocycles. The van der Waals surface area contributed by atoms with Gasteiger partial charge in [-0.1, -0.05) is 24.3 Å². The first-order valence-electron chi connectivity index (χ1n) is 11.8. The lowest BCUT2D eigenvalue weighted by molar-refractivity contribution is -0.122. The third-order valence-electron chi connectivity index (χ3n) is 5.84. The molecule has 0 bridgehead atoms. The summed E-state index contributed by atoms with van der Waals surface area (Å²) in [7, 11) is 1.49. The second kappa shape index (κ2) is 11.6. The minimum Gasteiger partial charge on any atom is -0.494 e. The number of tetrazole rings is 1. The molecule has 10 nitrogen and oxygen atoms in total. The van der Waals surface area contributed by atoms with E-state index in [1.807, 2.05) is 11.4 Å². The van der Waals surface area contributed by atoms with Gasteiger partial charge in [0.25, 0.3) is 5.91 Å². The molecule has 0 spiro atoms. The molecule has 3 heterocycles. The highest BCUT2D eigenvalue weighted by Crippen LogP contribution is 2.35. The van der Waals surface area contributed by atoms with Crippen molar-refractivity contribution >= 4 is 28.8 Å². The number of halogens is 1. The summed E-state index contributed by atoms with van der Waals surface area (Å²) in [5.74, 6) is -0.888. The summed E-state index contributed by atoms with van der Waals surface area (Å²) in [5.41, 5.74) is 1.82. The van der Waals surface area contributed by atoms with Gasteiger partial charge in [0.05, 0.1) is 7.11 Å². The van der Waals surface area contributed by atoms with Gasteiger partial charge >= 0.3 is 0 Å². The van der Waals surface area contributed by atoms with Gasteiger partial charge in [-0.3, -0.25) is 19.5 Å². The average molecular weight is 544 g/mol. The minimum absolute atomic E-state index is 0.147. The number of hydrogen-bond donors (Lipinski definition) is 1. The second-order valence-electron chi connectivity index (χ2n) is 8.26. The first-order chi connectivity index (χ1) is 19.0. The number of methoxy groups -OCH3 is 1. The molecule has 0 aliphatic heterocycles. The molecule has 196 valence electrons. The van der Waals surface area contributed by atoms with Gasteiger partial charge in [0.1, 0.15) is 29.3 Å². The highest BCUT2D eigenvalue weighted by atomic mass is 32.1. The first kappa shape index (κ1) is 25.7. The van der Waals surface area contributed by atoms with Gasteiger partial charge in [0.15, 0.2) is 6.04 Å². The number of amides is 2. The quantitative estimate of drug-likeness (QED) is 0.299. The van der Waals surface area contributed by atoms with Gasteiger partial charge in [0.2, 0.25) is 5.91 Å². The number of thiophene rings is 1. The summed E-state index contributed by atoms with van der Waals surface area (Å²) in [4.78, 5) is 34.0. The van der Waals surface area contributed by atoms with Crippen molar-refractivity contribution in [1.29, 1.82) is 0 Å². The van der Waals surface area contributed by atoms with E-state index >= 15 is 0 Å². The van der Waals surface area contributed by atoms with Crippen molar-refractivity contribution in [2.45, 2.75) is 12.6 Å². The van der Waals surface area contributed by atoms with Crippen LogP contribution in [0.25, 0.3) is 5.69 Å². The Hall–Kier alpha value is -4.97. The van der Waals surface area contributed by atoms with E-state index in [0.29, 0.717) is 27.6 Å². The Morgan fingerprint density at radius 3 is 2.62 bits per heavy atom. The monoisotopic (exact) mass is 543 g/mol. The molecule has 0 unspecified atom stereocenters. The molecule has 0 aliphatic carbocycles. The van der Waals surface area contributed by atoms with E-state index in [-0.39, 0.29) is 18.1 Å². The fourth-order valence-electron chi connectivity index (χ4n) is 3.98. The summed E-state index contributed by atoms with van der Waals surface area (Å²) in [6.45, 7) is 0.147. The standard InChI is InChI=1S/C27H22FN7O3S/c1-38-23-15-20(11-12-22(23)34-17-31-32-33-34)35(27(37)21-5-2-3-13-29-21)25(24-6-4-14-39-24)26(36)30-16-18-7-9-19(28)10-8-18/h2-15,17,25H,16H2,1H3,(H,30,36)/t25-/m0/s1. The first-order valence-corrected chi connectivity index (χ1v) is 12.6. The highest BCUT2D eigenvalue weighted by Gasteiger charge is 2.35. The summed E-state index contributed by atoms with van der Waals surface area (Å²) < 4.78 is 20.4. The molecule has 3 aromatic heterocycles. The van der Waals surface area contributed by atoms with Crippen LogP contribution in [-0.4, -0.2) is 44.1 Å². The van der Waals surface area contributed by atoms with Gasteiger partial charge in [0, 0.05) is 29.4 Å². The Morgan fingerprint density at radius 1 is 1.10 bits per heavy atom. The number of carbonyl (C=O) groups excluding carboxylic acids is 2. The van der Waals surface area contributed by atoms with E-state index in [4.69, 9.17) is 4.74 Å². The van der Waals surface area contributed by atoms with Crippen molar-refractivity contribution in [2.24, 2.45) is 0 Å². The van der Waals surface area contributed by atoms with Crippen LogP contribution in [0.5, 0.6) is 5.75 Å². The average Bonchev–Trinajstić information content (AvgIpc) is 3.70. The van der Waals surface area contributed by atoms with Gasteiger partial charge in [-0.15, -0.1) is 16.4 Å². The zero-order valence-electron chi connectivity index (χ0n) is 20.6. The number of nitrogens with one attached hydrogen (secondary N) is 1. The number of nitrogens with zero attached hydrogens (tertiary/aromatic N) is 6. The number of benzene rings is 2. The largest absolute Gasteiger partial charge is 0.494 e. The van der Waals surface area contributed by atoms with Crippen molar-refractivity contribution in [3.63, 3.8) is 0 Å². The van der Waals surface area contributed by atoms with Crippen LogP contribution in [0.3, 0.4) is 0 Å². The Morgan fingerprint density at radius 2 is 1.95 bits per heavy atom. The van der Waals surface area contributed by atoms with Crippen molar-refractivity contribution < 1.29 is 18.7 Å². The summed E-state index contributed by atoms with van der Waals surface area (Å²) in [5, 5.41) is 16.0. The molecule has 39 heavy (non-hydrogen) atoms. The molecular formula is C27H22FN7O3S. The van der Waals surface area contributed by atoms with Gasteiger partial charge in [-0.2, -0.15) is 4.68 Å². The van der Waals surface area contributed by atoms with E-state index in [9.17, 15) is 14.0 Å². The van der Waals surface area contributed by atoms with Crippen LogP contribution in [-0.2, 0) is 11.3 Å². The predicted octanol–water partition coefficient (Wildman–Crippen LogP) is 3.97. The van der Waals surface area contributed by atoms with Crippen LogP contribution in [0.2, 0.25) is 0 Å². The minimum atomic E-state index is -1.04. The molecule has 5 rings (SSSR count). The Labute approximate surface area is 226 Å². The Kier molecular flexibility index (Phi) is 7.64. The second-order valence-corrected chi connectivity index (χ2v) is 9.24. The molecule has 0 radical (unpaired) electrons. The van der Waals surface area contributed by atoms with Gasteiger partial charge < -0.3 is 10.1 Å². The molecule has 1 atom stereocenters. The van der Waals surface area contributed by atoms with E-state index in [1.165, 1.54) is 52.7 Å². The molecule has 0 aliphatic rings. The lowest BCUT2D eigenvalue weighted by Crippen LogP contribution is -2.43. The smallest absolute Gasteiger partial charge is 0.277 e. The lowest BCUT2D eigenvalue weighted by Gasteiger charge is -2.31. The number of rotatable bonds is 9. The third kappa shape index (κ3) is 5.65. The van der Waals surface area contributed by atoms with Crippen molar-refractivity contribution in [3.8, 4) is 11.4 Å². The van der Waals surface area contributed by atoms with Crippen LogP contribution in [0.4, 0.5) is 10.1 Å². The summed E-state index contributed by atoms with van der Waals surface area (Å²) >= 11 is 1.34. The number of ether oxygens (including phenoxy) is 1. The van der Waals surface area contributed by atoms with Gasteiger partial charge in [-0.05, 0) is 63.8 Å². The van der Waals surface area contributed by atoms with Crippen LogP contribution in [0, 0.1) is 5.82 Å². The number of hydrogen-bond acceptors (Lipinski definition) is 8. The molecule has 12 heteroatoms. The van der Waals surface area contributed by atoms with E-state index in [1.54, 1.807) is 54.6 Å². The van der Waals surface area contributed by atoms with E-state index in [2.05, 4.69) is 25.8 Å². The van der Waals surface area contributed by atoms with E-state index in [0.717, 1.165) is 0 Å². The number of pyridine rings is 1. The van der Waals surface area contributed by atoms with E-state index < -0.39 is 17.9 Å². The SMILES string of the molecule is COc1cc(N(C(=O)c2ccccn2)[C@H](C(=O)NCc2ccc(F)cc2)c2cccs2)ccc1-n1cnnn1. The highest BCUT2D eigenvalue weighted by molar-refractivity contribution is 7.10. The molecule has 2 amide bonds. The van der Waals surface area contributed by atoms with Crippen LogP contribution in [0.1, 0.15) is 27.0 Å². The molecule has 0 saturated heterocycles. The molecule has 5 aromatic rings. The molecule has 0 saturated carbocycles. The maximum atomic E-state index is 14.0. The third-order valence-corrected chi connectivity index (χ3v) is 6.76. The number of anilines is 1. The Balaban J connectivity index is 1.57. The number of carbonyl (C=O) groups is 2. The summed E-state index contributed by atoms with van der Waals surface area (Å²) in [6, 6.07) is 18.4. The maximum Gasteiger partial charge on any atom is 0.277 e. The molecule has 0 fully saturated rings. The van der Waals surface area contributed by atoms with Crippen molar-refractivity contribution in [2.75, 3.05) is 12.0 Å². The normalized spacial score (nSPS) is 11.5. The Bertz CT molecular complexity index is 1550. The van der Waals surface area contributed by atoms with Crippen molar-refractivity contribution in [1.82, 2.24) is 30.5 Å². The fraction of sp³-hybridized carbons (Fsp3) is 0.111. The topological polar surface area (TPSA) is 115 Å². The predicted molar refractivity (Wildman–Crippen MR) is 142 cm³/mol. The van der Waals surface area contributed by atoms with Crippen LogP contribution in [0.15, 0.2) is 90.7 Å². The number of aromatic nitrogens is 5. The van der Waals surface area contributed by atoms with Crippen LogP contribution < -0.4 is 15.0 Å². The lowest BCUT2D eigenvalue weighted by atomic mass is 10.1. The summed E-state index contributed by atoms with van der Waals surface area (Å²) in [6.07, 6.45) is 2.94. The van der Waals surface area contributed by atoms with Crippen LogP contribution >= 0.6 is 11.3 Å². The molecule has 1 N–H and O–H groups in total. The van der Waals surface area contributed by atoms with Gasteiger partial charge in [-0.25, -0.2) is 4.39 Å². The molecular weight excluding hydrogens is 521 g/mol. The van der Waals surface area contributed by atoms with Crippen molar-refractivity contribution in [3.05, 3.63) is 113 Å². The maximum absolute atomic E-state index is 14.0. The fourth-order valence-corrected chi connectivity index (χ4v) is 4.79.